The Morgan fingerprint density at radius 3 is 2.36 bits per heavy atom. The van der Waals surface area contributed by atoms with E-state index in [1.54, 1.807) is 7.11 Å². The van der Waals surface area contributed by atoms with Crippen molar-refractivity contribution in [2.75, 3.05) is 12.4 Å². The Bertz CT molecular complexity index is 584. The maximum Gasteiger partial charge on any atom is 0.171 e. The van der Waals surface area contributed by atoms with Crippen LogP contribution in [0.2, 0.25) is 0 Å². The van der Waals surface area contributed by atoms with Crippen LogP contribution in [-0.4, -0.2) is 12.2 Å². The second kappa shape index (κ2) is 8.39. The molecule has 0 amide bonds. The largest absolute Gasteiger partial charge is 0.497 e. The molecule has 0 bridgehead atoms. The highest BCUT2D eigenvalue weighted by Gasteiger charge is 2.11. The van der Waals surface area contributed by atoms with E-state index in [0.717, 1.165) is 24.3 Å². The summed E-state index contributed by atoms with van der Waals surface area (Å²) in [5.74, 6) is 0.831. The van der Waals surface area contributed by atoms with Gasteiger partial charge in [0.1, 0.15) is 5.75 Å². The normalized spacial score (nSPS) is 11.5. The Balaban J connectivity index is 1.98. The molecule has 0 saturated heterocycles. The van der Waals surface area contributed by atoms with Crippen molar-refractivity contribution in [3.05, 3.63) is 60.2 Å². The molecule has 22 heavy (non-hydrogen) atoms. The van der Waals surface area contributed by atoms with Crippen molar-refractivity contribution in [3.8, 4) is 5.75 Å². The first-order valence-corrected chi connectivity index (χ1v) is 7.90. The van der Waals surface area contributed by atoms with E-state index < -0.39 is 0 Å². The molecule has 0 aliphatic rings. The molecule has 2 aromatic rings. The summed E-state index contributed by atoms with van der Waals surface area (Å²) in [5, 5.41) is 7.25. The third-order valence-corrected chi connectivity index (χ3v) is 3.65. The number of benzene rings is 2. The molecular formula is C18H22N2OS. The Kier molecular flexibility index (Phi) is 6.22. The molecule has 0 fully saturated rings. The van der Waals surface area contributed by atoms with Gasteiger partial charge in [-0.2, -0.15) is 0 Å². The molecule has 3 nitrogen and oxygen atoms in total. The molecule has 4 heteroatoms. The van der Waals surface area contributed by atoms with Gasteiger partial charge in [0.2, 0.25) is 0 Å². The van der Waals surface area contributed by atoms with Gasteiger partial charge in [-0.25, -0.2) is 0 Å². The van der Waals surface area contributed by atoms with Crippen LogP contribution in [0.25, 0.3) is 0 Å². The van der Waals surface area contributed by atoms with Crippen LogP contribution < -0.4 is 15.4 Å². The van der Waals surface area contributed by atoms with E-state index in [1.807, 2.05) is 30.3 Å². The van der Waals surface area contributed by atoms with Crippen LogP contribution >= 0.6 is 12.2 Å². The first kappa shape index (κ1) is 16.3. The highest BCUT2D eigenvalue weighted by atomic mass is 32.1. The molecule has 1 atom stereocenters. The van der Waals surface area contributed by atoms with Crippen molar-refractivity contribution >= 4 is 23.0 Å². The molecule has 0 aliphatic carbocycles. The third kappa shape index (κ3) is 4.74. The van der Waals surface area contributed by atoms with Crippen molar-refractivity contribution in [1.82, 2.24) is 5.32 Å². The second-order valence-corrected chi connectivity index (χ2v) is 5.49. The fourth-order valence-corrected chi connectivity index (χ4v) is 2.56. The lowest BCUT2D eigenvalue weighted by Gasteiger charge is -2.21. The van der Waals surface area contributed by atoms with Gasteiger partial charge in [0.25, 0.3) is 0 Å². The maximum absolute atomic E-state index is 5.43. The van der Waals surface area contributed by atoms with Gasteiger partial charge in [0, 0.05) is 5.69 Å². The molecule has 2 N–H and O–H groups in total. The molecular weight excluding hydrogens is 292 g/mol. The van der Waals surface area contributed by atoms with Gasteiger partial charge in [-0.05, 0) is 48.5 Å². The molecule has 2 rings (SSSR count). The van der Waals surface area contributed by atoms with Gasteiger partial charge in [0.05, 0.1) is 13.2 Å². The Hall–Kier alpha value is -2.07. The van der Waals surface area contributed by atoms with E-state index in [-0.39, 0.29) is 6.04 Å². The first-order chi connectivity index (χ1) is 10.7. The molecule has 0 aliphatic heterocycles. The van der Waals surface area contributed by atoms with Gasteiger partial charge >= 0.3 is 0 Å². The van der Waals surface area contributed by atoms with Crippen LogP contribution in [0.4, 0.5) is 5.69 Å². The van der Waals surface area contributed by atoms with E-state index in [9.17, 15) is 0 Å². The van der Waals surface area contributed by atoms with Crippen LogP contribution in [0.15, 0.2) is 54.6 Å². The molecule has 2 aromatic carbocycles. The van der Waals surface area contributed by atoms with E-state index in [2.05, 4.69) is 41.8 Å². The Morgan fingerprint density at radius 2 is 1.77 bits per heavy atom. The SMILES string of the molecule is CCC[C@H](NC(=S)Nc1ccc(OC)cc1)c1ccccc1. The standard InChI is InChI=1S/C18H22N2OS/c1-3-7-17(14-8-5-4-6-9-14)20-18(22)19-15-10-12-16(21-2)13-11-15/h4-6,8-13,17H,3,7H2,1-2H3,(H2,19,20,22)/t17-/m0/s1. The van der Waals surface area contributed by atoms with Crippen LogP contribution in [-0.2, 0) is 0 Å². The predicted octanol–water partition coefficient (Wildman–Crippen LogP) is 4.52. The second-order valence-electron chi connectivity index (χ2n) is 5.08. The van der Waals surface area contributed by atoms with Crippen molar-refractivity contribution in [2.45, 2.75) is 25.8 Å². The number of nitrogens with one attached hydrogen (secondary N) is 2. The smallest absolute Gasteiger partial charge is 0.171 e. The van der Waals surface area contributed by atoms with E-state index >= 15 is 0 Å². The summed E-state index contributed by atoms with van der Waals surface area (Å²) in [6.45, 7) is 2.18. The fourth-order valence-electron chi connectivity index (χ4n) is 2.30. The van der Waals surface area contributed by atoms with Crippen LogP contribution in [0.1, 0.15) is 31.4 Å². The highest BCUT2D eigenvalue weighted by molar-refractivity contribution is 7.80. The van der Waals surface area contributed by atoms with Crippen molar-refractivity contribution in [2.24, 2.45) is 0 Å². The van der Waals surface area contributed by atoms with Gasteiger partial charge in [-0.3, -0.25) is 0 Å². The molecule has 0 spiro atoms. The molecule has 116 valence electrons. The molecule has 0 saturated carbocycles. The molecule has 0 unspecified atom stereocenters. The minimum Gasteiger partial charge on any atom is -0.497 e. The number of anilines is 1. The Labute approximate surface area is 137 Å². The number of hydrogen-bond acceptors (Lipinski definition) is 2. The first-order valence-electron chi connectivity index (χ1n) is 7.49. The number of hydrogen-bond donors (Lipinski definition) is 2. The van der Waals surface area contributed by atoms with E-state index in [1.165, 1.54) is 5.56 Å². The lowest BCUT2D eigenvalue weighted by molar-refractivity contribution is 0.415. The zero-order chi connectivity index (χ0) is 15.8. The highest BCUT2D eigenvalue weighted by Crippen LogP contribution is 2.19. The maximum atomic E-state index is 5.43. The van der Waals surface area contributed by atoms with Crippen molar-refractivity contribution in [1.29, 1.82) is 0 Å². The summed E-state index contributed by atoms with van der Waals surface area (Å²) >= 11 is 5.43. The monoisotopic (exact) mass is 314 g/mol. The van der Waals surface area contributed by atoms with E-state index in [4.69, 9.17) is 17.0 Å². The zero-order valence-corrected chi connectivity index (χ0v) is 13.8. The average molecular weight is 314 g/mol. The minimum absolute atomic E-state index is 0.226. The summed E-state index contributed by atoms with van der Waals surface area (Å²) < 4.78 is 5.15. The molecule has 0 heterocycles. The predicted molar refractivity (Wildman–Crippen MR) is 96.4 cm³/mol. The van der Waals surface area contributed by atoms with Crippen molar-refractivity contribution < 1.29 is 4.74 Å². The minimum atomic E-state index is 0.226. The summed E-state index contributed by atoms with van der Waals surface area (Å²) in [4.78, 5) is 0. The number of rotatable bonds is 6. The van der Waals surface area contributed by atoms with Crippen LogP contribution in [0.5, 0.6) is 5.75 Å². The van der Waals surface area contributed by atoms with Gasteiger partial charge in [-0.15, -0.1) is 0 Å². The lowest BCUT2D eigenvalue weighted by Crippen LogP contribution is -2.32. The average Bonchev–Trinajstić information content (AvgIpc) is 2.56. The van der Waals surface area contributed by atoms with E-state index in [0.29, 0.717) is 5.11 Å². The molecule has 0 radical (unpaired) electrons. The van der Waals surface area contributed by atoms with Gasteiger partial charge < -0.3 is 15.4 Å². The number of ether oxygens (including phenoxy) is 1. The quantitative estimate of drug-likeness (QED) is 0.768. The fraction of sp³-hybridized carbons (Fsp3) is 0.278. The summed E-state index contributed by atoms with van der Waals surface area (Å²) in [6, 6.07) is 18.3. The molecule has 0 aromatic heterocycles. The van der Waals surface area contributed by atoms with Gasteiger partial charge in [-0.1, -0.05) is 43.7 Å². The Morgan fingerprint density at radius 1 is 1.09 bits per heavy atom. The zero-order valence-electron chi connectivity index (χ0n) is 13.0. The number of methoxy groups -OCH3 is 1. The summed E-state index contributed by atoms with van der Waals surface area (Å²) in [6.07, 6.45) is 2.13. The third-order valence-electron chi connectivity index (χ3n) is 3.43. The summed E-state index contributed by atoms with van der Waals surface area (Å²) in [7, 11) is 1.66. The summed E-state index contributed by atoms with van der Waals surface area (Å²) in [5.41, 5.74) is 2.20. The van der Waals surface area contributed by atoms with Gasteiger partial charge in [0.15, 0.2) is 5.11 Å². The topological polar surface area (TPSA) is 33.3 Å². The number of thiocarbonyl (C=S) groups is 1. The van der Waals surface area contributed by atoms with Crippen LogP contribution in [0.3, 0.4) is 0 Å². The van der Waals surface area contributed by atoms with Crippen LogP contribution in [0, 0.1) is 0 Å². The lowest BCUT2D eigenvalue weighted by atomic mass is 10.0. The van der Waals surface area contributed by atoms with Crippen molar-refractivity contribution in [3.63, 3.8) is 0 Å².